The van der Waals surface area contributed by atoms with Gasteiger partial charge in [-0.1, -0.05) is 18.2 Å². The normalized spacial score (nSPS) is 10.3. The summed E-state index contributed by atoms with van der Waals surface area (Å²) < 4.78 is 12.7. The van der Waals surface area contributed by atoms with Crippen molar-refractivity contribution in [2.75, 3.05) is 0 Å². The first-order valence-corrected chi connectivity index (χ1v) is 5.81. The van der Waals surface area contributed by atoms with E-state index in [2.05, 4.69) is 4.98 Å². The van der Waals surface area contributed by atoms with Crippen LogP contribution in [0.2, 0.25) is 0 Å². The Kier molecular flexibility index (Phi) is 3.82. The lowest BCUT2D eigenvalue weighted by Crippen LogP contribution is -2.06. The Morgan fingerprint density at radius 1 is 1.06 bits per heavy atom. The van der Waals surface area contributed by atoms with Crippen LogP contribution in [0, 0.1) is 12.7 Å². The summed E-state index contributed by atoms with van der Waals surface area (Å²) in [5, 5.41) is 0. The summed E-state index contributed by atoms with van der Waals surface area (Å²) >= 11 is 0. The predicted octanol–water partition coefficient (Wildman–Crippen LogP) is 2.88. The number of hydrogen-bond donors (Lipinski definition) is 0. The van der Waals surface area contributed by atoms with Gasteiger partial charge in [0, 0.05) is 24.7 Å². The molecule has 1 aromatic carbocycles. The largest absolute Gasteiger partial charge is 0.299 e. The summed E-state index contributed by atoms with van der Waals surface area (Å²) in [5.41, 5.74) is 2.68. The molecule has 0 unspecified atom stereocenters. The number of pyridine rings is 1. The van der Waals surface area contributed by atoms with Gasteiger partial charge in [-0.3, -0.25) is 9.78 Å². The van der Waals surface area contributed by atoms with Crippen LogP contribution in [-0.2, 0) is 17.6 Å². The van der Waals surface area contributed by atoms with E-state index in [1.165, 1.54) is 12.1 Å². The highest BCUT2D eigenvalue weighted by atomic mass is 19.1. The standard InChI is InChI=1S/C15H14FNO/c1-11-2-3-13(10-17-11)9-15(18)8-12-4-6-14(16)7-5-12/h2-7,10H,8-9H2,1H3. The predicted molar refractivity (Wildman–Crippen MR) is 67.8 cm³/mol. The van der Waals surface area contributed by atoms with Crippen molar-refractivity contribution in [3.05, 3.63) is 65.2 Å². The second-order valence-electron chi connectivity index (χ2n) is 4.33. The van der Waals surface area contributed by atoms with E-state index >= 15 is 0 Å². The number of benzene rings is 1. The molecule has 2 nitrogen and oxygen atoms in total. The highest BCUT2D eigenvalue weighted by Crippen LogP contribution is 2.07. The first-order chi connectivity index (χ1) is 8.63. The van der Waals surface area contributed by atoms with Gasteiger partial charge in [0.15, 0.2) is 0 Å². The minimum Gasteiger partial charge on any atom is -0.299 e. The lowest BCUT2D eigenvalue weighted by molar-refractivity contribution is -0.117. The van der Waals surface area contributed by atoms with Gasteiger partial charge in [-0.25, -0.2) is 4.39 Å². The van der Waals surface area contributed by atoms with Gasteiger partial charge in [0.25, 0.3) is 0 Å². The molecule has 0 bridgehead atoms. The maximum Gasteiger partial charge on any atom is 0.141 e. The minimum absolute atomic E-state index is 0.104. The topological polar surface area (TPSA) is 30.0 Å². The summed E-state index contributed by atoms with van der Waals surface area (Å²) in [7, 11) is 0. The van der Waals surface area contributed by atoms with E-state index in [4.69, 9.17) is 0 Å². The molecule has 2 aromatic rings. The van der Waals surface area contributed by atoms with Crippen molar-refractivity contribution in [2.45, 2.75) is 19.8 Å². The molecule has 92 valence electrons. The second-order valence-corrected chi connectivity index (χ2v) is 4.33. The zero-order valence-electron chi connectivity index (χ0n) is 10.2. The van der Waals surface area contributed by atoms with E-state index in [0.717, 1.165) is 16.8 Å². The fourth-order valence-corrected chi connectivity index (χ4v) is 1.72. The van der Waals surface area contributed by atoms with E-state index in [-0.39, 0.29) is 11.6 Å². The van der Waals surface area contributed by atoms with Crippen LogP contribution in [0.5, 0.6) is 0 Å². The van der Waals surface area contributed by atoms with Crippen molar-refractivity contribution in [2.24, 2.45) is 0 Å². The molecule has 0 amide bonds. The van der Waals surface area contributed by atoms with E-state index in [1.54, 1.807) is 18.3 Å². The van der Waals surface area contributed by atoms with E-state index in [9.17, 15) is 9.18 Å². The molecule has 0 aliphatic carbocycles. The fraction of sp³-hybridized carbons (Fsp3) is 0.200. The Labute approximate surface area is 105 Å². The van der Waals surface area contributed by atoms with Crippen LogP contribution in [0.15, 0.2) is 42.6 Å². The van der Waals surface area contributed by atoms with Gasteiger partial charge in [-0.2, -0.15) is 0 Å². The van der Waals surface area contributed by atoms with Crippen LogP contribution in [-0.4, -0.2) is 10.8 Å². The van der Waals surface area contributed by atoms with Crippen molar-refractivity contribution in [1.29, 1.82) is 0 Å². The number of rotatable bonds is 4. The second kappa shape index (κ2) is 5.54. The Balaban J connectivity index is 1.96. The summed E-state index contributed by atoms with van der Waals surface area (Å²) in [6.07, 6.45) is 2.41. The molecule has 1 aromatic heterocycles. The number of carbonyl (C=O) groups excluding carboxylic acids is 1. The van der Waals surface area contributed by atoms with E-state index < -0.39 is 0 Å². The van der Waals surface area contributed by atoms with Gasteiger partial charge in [0.1, 0.15) is 11.6 Å². The van der Waals surface area contributed by atoms with Crippen LogP contribution >= 0.6 is 0 Å². The molecule has 0 N–H and O–H groups in total. The molecular formula is C15H14FNO. The lowest BCUT2D eigenvalue weighted by Gasteiger charge is -2.02. The van der Waals surface area contributed by atoms with Crippen LogP contribution in [0.4, 0.5) is 4.39 Å². The SMILES string of the molecule is Cc1ccc(CC(=O)Cc2ccc(F)cc2)cn1. The molecular weight excluding hydrogens is 229 g/mol. The smallest absolute Gasteiger partial charge is 0.141 e. The van der Waals surface area contributed by atoms with Gasteiger partial charge in [0.05, 0.1) is 0 Å². The average Bonchev–Trinajstić information content (AvgIpc) is 2.35. The third-order valence-electron chi connectivity index (χ3n) is 2.69. The summed E-state index contributed by atoms with van der Waals surface area (Å²) in [6, 6.07) is 9.82. The molecule has 1 heterocycles. The molecule has 3 heteroatoms. The number of ketones is 1. The third-order valence-corrected chi connectivity index (χ3v) is 2.69. The fourth-order valence-electron chi connectivity index (χ4n) is 1.72. The van der Waals surface area contributed by atoms with Crippen LogP contribution in [0.1, 0.15) is 16.8 Å². The molecule has 2 rings (SSSR count). The van der Waals surface area contributed by atoms with Crippen molar-refractivity contribution in [3.8, 4) is 0 Å². The highest BCUT2D eigenvalue weighted by molar-refractivity contribution is 5.83. The van der Waals surface area contributed by atoms with E-state index in [1.807, 2.05) is 19.1 Å². The first-order valence-electron chi connectivity index (χ1n) is 5.81. The van der Waals surface area contributed by atoms with Gasteiger partial charge < -0.3 is 0 Å². The van der Waals surface area contributed by atoms with Gasteiger partial charge in [-0.15, -0.1) is 0 Å². The molecule has 18 heavy (non-hydrogen) atoms. The molecule has 0 atom stereocenters. The number of carbonyl (C=O) groups is 1. The molecule has 0 fully saturated rings. The number of hydrogen-bond acceptors (Lipinski definition) is 2. The Morgan fingerprint density at radius 2 is 1.67 bits per heavy atom. The van der Waals surface area contributed by atoms with Crippen molar-refractivity contribution < 1.29 is 9.18 Å². The molecule has 0 saturated heterocycles. The van der Waals surface area contributed by atoms with Gasteiger partial charge in [0.2, 0.25) is 0 Å². The monoisotopic (exact) mass is 243 g/mol. The van der Waals surface area contributed by atoms with Gasteiger partial charge >= 0.3 is 0 Å². The zero-order valence-corrected chi connectivity index (χ0v) is 10.2. The quantitative estimate of drug-likeness (QED) is 0.826. The summed E-state index contributed by atoms with van der Waals surface area (Å²) in [6.45, 7) is 1.91. The number of nitrogens with zero attached hydrogens (tertiary/aromatic N) is 1. The molecule has 0 spiro atoms. The van der Waals surface area contributed by atoms with Crippen molar-refractivity contribution >= 4 is 5.78 Å². The minimum atomic E-state index is -0.283. The first kappa shape index (κ1) is 12.4. The zero-order chi connectivity index (χ0) is 13.0. The number of aromatic nitrogens is 1. The van der Waals surface area contributed by atoms with Crippen molar-refractivity contribution in [1.82, 2.24) is 4.98 Å². The van der Waals surface area contributed by atoms with E-state index in [0.29, 0.717) is 12.8 Å². The van der Waals surface area contributed by atoms with Crippen LogP contribution in [0.25, 0.3) is 0 Å². The molecule has 0 aliphatic rings. The molecule has 0 aliphatic heterocycles. The molecule has 0 saturated carbocycles. The van der Waals surface area contributed by atoms with Crippen LogP contribution in [0.3, 0.4) is 0 Å². The maximum atomic E-state index is 12.7. The van der Waals surface area contributed by atoms with Gasteiger partial charge in [-0.05, 0) is 36.2 Å². The Morgan fingerprint density at radius 3 is 2.28 bits per heavy atom. The number of aryl methyl sites for hydroxylation is 1. The highest BCUT2D eigenvalue weighted by Gasteiger charge is 2.05. The number of halogens is 1. The lowest BCUT2D eigenvalue weighted by atomic mass is 10.0. The average molecular weight is 243 g/mol. The van der Waals surface area contributed by atoms with Crippen molar-refractivity contribution in [3.63, 3.8) is 0 Å². The third kappa shape index (κ3) is 3.48. The molecule has 0 radical (unpaired) electrons. The maximum absolute atomic E-state index is 12.7. The summed E-state index contributed by atoms with van der Waals surface area (Å²) in [4.78, 5) is 16.0. The summed E-state index contributed by atoms with van der Waals surface area (Å²) in [5.74, 6) is -0.179. The van der Waals surface area contributed by atoms with Crippen LogP contribution < -0.4 is 0 Å². The number of Topliss-reactive ketones (excluding diaryl/α,β-unsaturated/α-hetero) is 1. The Hall–Kier alpha value is -2.03. The Bertz CT molecular complexity index is 482.